The standard InChI is InChI=1S/C28H33FN6O/c1-27(2,29)24-14-20(10-11-30-24)33-23-15-25(31-16-21(23)26(36)35-18-5-6-18)34-19-7-8-22-17(13-19)9-12-32-28(22,3)4/h7-8,10-11,13-16,18,32H,5-6,9,12H2,1-4H3,(H,35,36)(H2,30,31,33,34). The summed E-state index contributed by atoms with van der Waals surface area (Å²) in [5.74, 6) is 0.427. The first-order valence-electron chi connectivity index (χ1n) is 12.5. The van der Waals surface area contributed by atoms with Gasteiger partial charge in [0.1, 0.15) is 11.5 Å². The predicted octanol–water partition coefficient (Wildman–Crippen LogP) is 5.44. The first kappa shape index (κ1) is 24.2. The van der Waals surface area contributed by atoms with Crippen LogP contribution in [0.2, 0.25) is 0 Å². The van der Waals surface area contributed by atoms with Crippen LogP contribution in [0.15, 0.2) is 48.8 Å². The molecule has 5 rings (SSSR count). The molecule has 3 heterocycles. The maximum Gasteiger partial charge on any atom is 0.255 e. The Hall–Kier alpha value is -3.52. The van der Waals surface area contributed by atoms with Crippen LogP contribution in [0, 0.1) is 0 Å². The molecule has 1 aliphatic carbocycles. The summed E-state index contributed by atoms with van der Waals surface area (Å²) >= 11 is 0. The molecule has 0 atom stereocenters. The number of fused-ring (bicyclic) bond motifs is 1. The number of pyridine rings is 2. The van der Waals surface area contributed by atoms with Crippen LogP contribution in [0.3, 0.4) is 0 Å². The van der Waals surface area contributed by atoms with E-state index in [1.807, 2.05) is 6.07 Å². The first-order valence-corrected chi connectivity index (χ1v) is 12.5. The van der Waals surface area contributed by atoms with E-state index in [0.717, 1.165) is 31.5 Å². The summed E-state index contributed by atoms with van der Waals surface area (Å²) in [7, 11) is 0. The molecule has 0 bridgehead atoms. The number of benzene rings is 1. The average molecular weight is 489 g/mol. The van der Waals surface area contributed by atoms with Gasteiger partial charge >= 0.3 is 0 Å². The number of alkyl halides is 1. The molecule has 1 saturated carbocycles. The van der Waals surface area contributed by atoms with Crippen molar-refractivity contribution >= 4 is 28.8 Å². The normalized spacial score (nSPS) is 16.7. The van der Waals surface area contributed by atoms with Crippen molar-refractivity contribution in [2.45, 2.75) is 64.2 Å². The highest BCUT2D eigenvalue weighted by atomic mass is 19.1. The van der Waals surface area contributed by atoms with Crippen LogP contribution in [0.5, 0.6) is 0 Å². The van der Waals surface area contributed by atoms with Gasteiger partial charge in [0, 0.05) is 41.4 Å². The molecule has 1 aliphatic heterocycles. The minimum Gasteiger partial charge on any atom is -0.355 e. The Morgan fingerprint density at radius 1 is 1.08 bits per heavy atom. The zero-order valence-corrected chi connectivity index (χ0v) is 21.2. The van der Waals surface area contributed by atoms with E-state index in [4.69, 9.17) is 0 Å². The van der Waals surface area contributed by atoms with Crippen molar-refractivity contribution in [1.82, 2.24) is 20.6 Å². The smallest absolute Gasteiger partial charge is 0.255 e. The summed E-state index contributed by atoms with van der Waals surface area (Å²) in [6.45, 7) is 8.26. The molecule has 188 valence electrons. The van der Waals surface area contributed by atoms with E-state index in [9.17, 15) is 9.18 Å². The molecule has 36 heavy (non-hydrogen) atoms. The first-order chi connectivity index (χ1) is 17.1. The van der Waals surface area contributed by atoms with Crippen molar-refractivity contribution in [2.75, 3.05) is 17.2 Å². The molecule has 0 spiro atoms. The van der Waals surface area contributed by atoms with Crippen LogP contribution >= 0.6 is 0 Å². The molecule has 0 radical (unpaired) electrons. The molecule has 3 aromatic rings. The SMILES string of the molecule is CC(C)(F)c1cc(Nc2cc(Nc3ccc4c(c3)CCNC4(C)C)ncc2C(=O)NC2CC2)ccn1. The molecule has 1 fully saturated rings. The van der Waals surface area contributed by atoms with Gasteiger partial charge in [0.2, 0.25) is 0 Å². The largest absolute Gasteiger partial charge is 0.355 e. The number of carbonyl (C=O) groups excluding carboxylic acids is 1. The number of amides is 1. The monoisotopic (exact) mass is 488 g/mol. The van der Waals surface area contributed by atoms with E-state index >= 15 is 0 Å². The van der Waals surface area contributed by atoms with Crippen LogP contribution in [-0.2, 0) is 17.6 Å². The highest BCUT2D eigenvalue weighted by molar-refractivity contribution is 6.00. The van der Waals surface area contributed by atoms with Gasteiger partial charge in [-0.15, -0.1) is 0 Å². The zero-order chi connectivity index (χ0) is 25.5. The Balaban J connectivity index is 1.44. The number of rotatable bonds is 7. The van der Waals surface area contributed by atoms with Crippen LogP contribution in [0.25, 0.3) is 0 Å². The summed E-state index contributed by atoms with van der Waals surface area (Å²) in [6.07, 6.45) is 6.09. The van der Waals surface area contributed by atoms with Crippen molar-refractivity contribution in [1.29, 1.82) is 0 Å². The third kappa shape index (κ3) is 5.33. The van der Waals surface area contributed by atoms with Crippen molar-refractivity contribution in [3.63, 3.8) is 0 Å². The fourth-order valence-electron chi connectivity index (χ4n) is 4.53. The van der Waals surface area contributed by atoms with Crippen LogP contribution in [0.1, 0.15) is 67.7 Å². The summed E-state index contributed by atoms with van der Waals surface area (Å²) in [5.41, 5.74) is 3.88. The van der Waals surface area contributed by atoms with Gasteiger partial charge in [-0.2, -0.15) is 0 Å². The van der Waals surface area contributed by atoms with Crippen LogP contribution < -0.4 is 21.3 Å². The average Bonchev–Trinajstić information content (AvgIpc) is 3.62. The number of nitrogens with zero attached hydrogens (tertiary/aromatic N) is 2. The number of hydrogen-bond donors (Lipinski definition) is 4. The van der Waals surface area contributed by atoms with Crippen LogP contribution in [0.4, 0.5) is 27.3 Å². The molecule has 2 aromatic heterocycles. The lowest BCUT2D eigenvalue weighted by Crippen LogP contribution is -2.42. The molecule has 4 N–H and O–H groups in total. The molecule has 1 amide bonds. The quantitative estimate of drug-likeness (QED) is 0.354. The number of hydrogen-bond acceptors (Lipinski definition) is 6. The molecular formula is C28H33FN6O. The summed E-state index contributed by atoms with van der Waals surface area (Å²) in [6, 6.07) is 11.8. The minimum atomic E-state index is -1.58. The predicted molar refractivity (Wildman–Crippen MR) is 141 cm³/mol. The van der Waals surface area contributed by atoms with E-state index in [2.05, 4.69) is 63.3 Å². The van der Waals surface area contributed by atoms with Gasteiger partial charge in [0.05, 0.1) is 16.9 Å². The second-order valence-electron chi connectivity index (χ2n) is 10.7. The number of nitrogens with one attached hydrogen (secondary N) is 4. The molecule has 0 saturated heterocycles. The lowest BCUT2D eigenvalue weighted by molar-refractivity contribution is 0.0951. The molecule has 1 aromatic carbocycles. The molecular weight excluding hydrogens is 455 g/mol. The van der Waals surface area contributed by atoms with Gasteiger partial charge in [-0.25, -0.2) is 9.37 Å². The fourth-order valence-corrected chi connectivity index (χ4v) is 4.53. The number of halogens is 1. The van der Waals surface area contributed by atoms with Gasteiger partial charge in [0.25, 0.3) is 5.91 Å². The van der Waals surface area contributed by atoms with Gasteiger partial charge in [0.15, 0.2) is 0 Å². The Kier molecular flexibility index (Phi) is 6.16. The third-order valence-corrected chi connectivity index (χ3v) is 6.72. The fraction of sp³-hybridized carbons (Fsp3) is 0.393. The van der Waals surface area contributed by atoms with Crippen molar-refractivity contribution in [3.05, 3.63) is 71.2 Å². The van der Waals surface area contributed by atoms with Gasteiger partial charge in [-0.05, 0) is 88.9 Å². The van der Waals surface area contributed by atoms with Gasteiger partial charge in [-0.3, -0.25) is 9.78 Å². The van der Waals surface area contributed by atoms with E-state index < -0.39 is 5.67 Å². The number of carbonyl (C=O) groups is 1. The van der Waals surface area contributed by atoms with E-state index in [1.54, 1.807) is 24.5 Å². The highest BCUT2D eigenvalue weighted by Gasteiger charge is 2.27. The summed E-state index contributed by atoms with van der Waals surface area (Å²) in [4.78, 5) is 21.6. The molecule has 2 aliphatic rings. The van der Waals surface area contributed by atoms with Gasteiger partial charge in [-0.1, -0.05) is 6.07 Å². The minimum absolute atomic E-state index is 0.0599. The maximum absolute atomic E-state index is 14.5. The number of aromatic nitrogens is 2. The summed E-state index contributed by atoms with van der Waals surface area (Å²) in [5, 5.41) is 13.3. The van der Waals surface area contributed by atoms with E-state index in [-0.39, 0.29) is 17.5 Å². The summed E-state index contributed by atoms with van der Waals surface area (Å²) < 4.78 is 14.5. The Morgan fingerprint density at radius 2 is 1.86 bits per heavy atom. The lowest BCUT2D eigenvalue weighted by atomic mass is 9.85. The Morgan fingerprint density at radius 3 is 2.61 bits per heavy atom. The van der Waals surface area contributed by atoms with E-state index in [0.29, 0.717) is 28.5 Å². The second kappa shape index (κ2) is 9.17. The van der Waals surface area contributed by atoms with Crippen molar-refractivity contribution in [3.8, 4) is 0 Å². The second-order valence-corrected chi connectivity index (χ2v) is 10.7. The van der Waals surface area contributed by atoms with Crippen LogP contribution in [-0.4, -0.2) is 28.5 Å². The maximum atomic E-state index is 14.5. The van der Waals surface area contributed by atoms with Crippen molar-refractivity contribution < 1.29 is 9.18 Å². The van der Waals surface area contributed by atoms with E-state index in [1.165, 1.54) is 25.0 Å². The lowest BCUT2D eigenvalue weighted by Gasteiger charge is -2.34. The zero-order valence-electron chi connectivity index (χ0n) is 21.2. The molecule has 7 nitrogen and oxygen atoms in total. The van der Waals surface area contributed by atoms with Gasteiger partial charge < -0.3 is 21.3 Å². The number of anilines is 4. The Labute approximate surface area is 211 Å². The topological polar surface area (TPSA) is 91.0 Å². The molecule has 0 unspecified atom stereocenters. The highest BCUT2D eigenvalue weighted by Crippen LogP contribution is 2.32. The van der Waals surface area contributed by atoms with Crippen molar-refractivity contribution in [2.24, 2.45) is 0 Å². The molecule has 8 heteroatoms. The Bertz CT molecular complexity index is 1300. The third-order valence-electron chi connectivity index (χ3n) is 6.72.